The maximum absolute atomic E-state index is 11.7. The van der Waals surface area contributed by atoms with Crippen molar-refractivity contribution in [1.82, 2.24) is 28.7 Å². The van der Waals surface area contributed by atoms with E-state index in [2.05, 4.69) is 48.0 Å². The zero-order chi connectivity index (χ0) is 23.5. The van der Waals surface area contributed by atoms with Crippen LogP contribution in [0.5, 0.6) is 0 Å². The number of nitrogens with zero attached hydrogens (tertiary/aromatic N) is 4. The molecule has 0 aliphatic heterocycles. The van der Waals surface area contributed by atoms with E-state index in [1.54, 1.807) is 29.6 Å². The Morgan fingerprint density at radius 2 is 1.55 bits per heavy atom. The first kappa shape index (κ1) is 24.5. The second-order valence-corrected chi connectivity index (χ2v) is 8.84. The number of nitrogens with two attached hydrogens (primary N) is 1. The van der Waals surface area contributed by atoms with Gasteiger partial charge in [-0.15, -0.1) is 0 Å². The summed E-state index contributed by atoms with van der Waals surface area (Å²) in [6.45, 7) is 9.76. The van der Waals surface area contributed by atoms with Gasteiger partial charge in [0.2, 0.25) is 0 Å². The van der Waals surface area contributed by atoms with Crippen molar-refractivity contribution in [3.05, 3.63) is 36.6 Å². The van der Waals surface area contributed by atoms with Crippen LogP contribution >= 0.6 is 24.4 Å². The molecule has 3 rings (SSSR count). The summed E-state index contributed by atoms with van der Waals surface area (Å²) >= 11 is 10.2. The van der Waals surface area contributed by atoms with Crippen molar-refractivity contribution in [3.63, 3.8) is 0 Å². The highest BCUT2D eigenvalue weighted by molar-refractivity contribution is 7.71. The van der Waals surface area contributed by atoms with Gasteiger partial charge in [-0.25, -0.2) is 4.98 Å². The van der Waals surface area contributed by atoms with E-state index in [0.717, 1.165) is 6.54 Å². The van der Waals surface area contributed by atoms with Crippen molar-refractivity contribution in [3.8, 4) is 0 Å². The number of anilines is 2. The fourth-order valence-electron chi connectivity index (χ4n) is 3.11. The molecule has 0 aromatic carbocycles. The third-order valence-electron chi connectivity index (χ3n) is 4.44. The van der Waals surface area contributed by atoms with Crippen molar-refractivity contribution in [2.24, 2.45) is 18.9 Å². The maximum Gasteiger partial charge on any atom is 0.277 e. The van der Waals surface area contributed by atoms with E-state index < -0.39 is 0 Å². The molecule has 0 bridgehead atoms. The van der Waals surface area contributed by atoms with Crippen LogP contribution in [0.1, 0.15) is 27.7 Å². The molecule has 0 aliphatic carbocycles. The second kappa shape index (κ2) is 10.1. The third-order valence-corrected chi connectivity index (χ3v) is 5.08. The number of aromatic amines is 2. The van der Waals surface area contributed by atoms with E-state index >= 15 is 0 Å². The summed E-state index contributed by atoms with van der Waals surface area (Å²) in [5.74, 6) is 1.25. The van der Waals surface area contributed by atoms with E-state index in [1.165, 1.54) is 0 Å². The lowest BCUT2D eigenvalue weighted by atomic mass is 10.2. The summed E-state index contributed by atoms with van der Waals surface area (Å²) in [5, 5.41) is 2.77. The van der Waals surface area contributed by atoms with E-state index in [4.69, 9.17) is 30.2 Å². The van der Waals surface area contributed by atoms with E-state index in [0.29, 0.717) is 50.6 Å². The zero-order valence-electron chi connectivity index (χ0n) is 18.6. The number of nitrogens with one attached hydrogen (secondary N) is 3. The molecule has 3 aromatic heterocycles. The summed E-state index contributed by atoms with van der Waals surface area (Å²) in [5.41, 5.74) is 6.99. The second-order valence-electron chi connectivity index (χ2n) is 8.07. The molecule has 3 heterocycles. The lowest BCUT2D eigenvalue weighted by molar-refractivity contribution is 0.516. The Balaban J connectivity index is 0.000000221. The first-order chi connectivity index (χ1) is 14.5. The number of H-pyrrole nitrogens is 2. The standard InChI is InChI=1S/C10H14N4OS.C9H16N4OS/c1-6(2)4-14-8-7(13(3)5-11-8)9(15)12-10(14)16;1-5(2)4-13-7(10)6(11-3)8(14)12-9(13)15/h5-6H,4H2,1-3H3,(H,12,15,16);5,11H,4,10H2,1-3H3,(H,12,14,15). The molecule has 10 nitrogen and oxygen atoms in total. The maximum atomic E-state index is 11.7. The highest BCUT2D eigenvalue weighted by Crippen LogP contribution is 2.14. The van der Waals surface area contributed by atoms with Crippen molar-refractivity contribution in [1.29, 1.82) is 0 Å². The van der Waals surface area contributed by atoms with Gasteiger partial charge in [0.05, 0.1) is 6.33 Å². The molecule has 0 atom stereocenters. The normalized spacial score (nSPS) is 11.1. The topological polar surface area (TPSA) is 131 Å². The molecular formula is C19H30N8O2S2. The molecule has 0 saturated heterocycles. The van der Waals surface area contributed by atoms with Gasteiger partial charge in [-0.1, -0.05) is 27.7 Å². The fourth-order valence-corrected chi connectivity index (χ4v) is 3.63. The van der Waals surface area contributed by atoms with Crippen molar-refractivity contribution >= 4 is 47.1 Å². The minimum Gasteiger partial charge on any atom is -0.383 e. The zero-order valence-corrected chi connectivity index (χ0v) is 20.3. The molecule has 31 heavy (non-hydrogen) atoms. The highest BCUT2D eigenvalue weighted by atomic mass is 32.1. The molecule has 170 valence electrons. The summed E-state index contributed by atoms with van der Waals surface area (Å²) in [4.78, 5) is 32.7. The molecule has 0 saturated carbocycles. The molecule has 0 spiro atoms. The summed E-state index contributed by atoms with van der Waals surface area (Å²) in [6.07, 6.45) is 1.63. The van der Waals surface area contributed by atoms with Gasteiger partial charge >= 0.3 is 0 Å². The molecule has 12 heteroatoms. The SMILES string of the molecule is CC(C)Cn1c(=S)[nH]c(=O)c2c1ncn2C.CNc1c(N)n(CC(C)C)c(=S)[nH]c1=O. The Hall–Kier alpha value is -2.73. The number of nitrogen functional groups attached to an aromatic ring is 1. The number of fused-ring (bicyclic) bond motifs is 1. The van der Waals surface area contributed by atoms with Gasteiger partial charge < -0.3 is 24.8 Å². The predicted octanol–water partition coefficient (Wildman–Crippen LogP) is 2.63. The molecule has 0 fully saturated rings. The van der Waals surface area contributed by atoms with Gasteiger partial charge in [-0.2, -0.15) is 0 Å². The van der Waals surface area contributed by atoms with Crippen LogP contribution in [0.25, 0.3) is 11.2 Å². The van der Waals surface area contributed by atoms with E-state index in [1.807, 2.05) is 4.57 Å². The molecular weight excluding hydrogens is 436 g/mol. The van der Waals surface area contributed by atoms with Gasteiger partial charge in [0.1, 0.15) is 11.5 Å². The lowest BCUT2D eigenvalue weighted by Crippen LogP contribution is -2.22. The molecule has 0 unspecified atom stereocenters. The van der Waals surface area contributed by atoms with Crippen molar-refractivity contribution in [2.45, 2.75) is 40.8 Å². The van der Waals surface area contributed by atoms with Crippen LogP contribution in [0.4, 0.5) is 11.5 Å². The molecule has 0 radical (unpaired) electrons. The highest BCUT2D eigenvalue weighted by Gasteiger charge is 2.11. The molecule has 5 N–H and O–H groups in total. The first-order valence-corrected chi connectivity index (χ1v) is 10.7. The van der Waals surface area contributed by atoms with Gasteiger partial charge in [0.25, 0.3) is 11.1 Å². The molecule has 0 aliphatic rings. The third kappa shape index (κ3) is 5.50. The van der Waals surface area contributed by atoms with E-state index in [-0.39, 0.29) is 11.1 Å². The number of imidazole rings is 1. The van der Waals surface area contributed by atoms with Gasteiger partial charge in [-0.3, -0.25) is 19.6 Å². The molecule has 0 amide bonds. The van der Waals surface area contributed by atoms with Crippen LogP contribution in [0, 0.1) is 21.4 Å². The predicted molar refractivity (Wildman–Crippen MR) is 130 cm³/mol. The van der Waals surface area contributed by atoms with Crippen LogP contribution in [0.15, 0.2) is 15.9 Å². The summed E-state index contributed by atoms with van der Waals surface area (Å²) in [6, 6.07) is 0. The average Bonchev–Trinajstić information content (AvgIpc) is 3.04. The van der Waals surface area contributed by atoms with Crippen LogP contribution < -0.4 is 22.2 Å². The number of hydrogen-bond donors (Lipinski definition) is 4. The minimum absolute atomic E-state index is 0.181. The lowest BCUT2D eigenvalue weighted by Gasteiger charge is -2.15. The minimum atomic E-state index is -0.278. The first-order valence-electron chi connectivity index (χ1n) is 9.92. The Morgan fingerprint density at radius 1 is 1.03 bits per heavy atom. The van der Waals surface area contributed by atoms with Crippen LogP contribution in [-0.2, 0) is 20.1 Å². The quantitative estimate of drug-likeness (QED) is 0.425. The molecule has 3 aromatic rings. The largest absolute Gasteiger partial charge is 0.383 e. The van der Waals surface area contributed by atoms with Crippen LogP contribution in [-0.4, -0.2) is 35.7 Å². The van der Waals surface area contributed by atoms with Crippen molar-refractivity contribution in [2.75, 3.05) is 18.1 Å². The number of rotatable bonds is 5. The Labute approximate surface area is 190 Å². The summed E-state index contributed by atoms with van der Waals surface area (Å²) < 4.78 is 6.11. The van der Waals surface area contributed by atoms with Crippen molar-refractivity contribution < 1.29 is 0 Å². The summed E-state index contributed by atoms with van der Waals surface area (Å²) in [7, 11) is 3.46. The Kier molecular flexibility index (Phi) is 7.96. The fraction of sp³-hybridized carbons (Fsp3) is 0.526. The van der Waals surface area contributed by atoms with Gasteiger partial charge in [-0.05, 0) is 36.3 Å². The van der Waals surface area contributed by atoms with Gasteiger partial charge in [0.15, 0.2) is 20.7 Å². The number of hydrogen-bond acceptors (Lipinski definition) is 7. The van der Waals surface area contributed by atoms with Gasteiger partial charge in [0, 0.05) is 27.2 Å². The Bertz CT molecular complexity index is 1290. The number of aryl methyl sites for hydroxylation is 1. The smallest absolute Gasteiger partial charge is 0.277 e. The monoisotopic (exact) mass is 466 g/mol. The van der Waals surface area contributed by atoms with E-state index in [9.17, 15) is 9.59 Å². The number of aromatic nitrogens is 6. The van der Waals surface area contributed by atoms with Crippen LogP contribution in [0.2, 0.25) is 0 Å². The Morgan fingerprint density at radius 3 is 2.10 bits per heavy atom. The average molecular weight is 467 g/mol. The van der Waals surface area contributed by atoms with Crippen LogP contribution in [0.3, 0.4) is 0 Å².